The second-order valence-corrected chi connectivity index (χ2v) is 8.45. The maximum atomic E-state index is 14.5. The molecule has 1 aliphatic rings. The standard InChI is InChI=1S/C25H21FN4O3S/c26-20-10-5-4-9-19(20)24-28-29-25(30(24)18-7-2-1-3-8-18)34-16-23(31)27-17-11-12-21-22(15-17)33-14-6-13-32-21/h1-5,7-12,15H,6,13-14,16H2,(H,27,31). The number of para-hydroxylation sites is 1. The highest BCUT2D eigenvalue weighted by molar-refractivity contribution is 7.99. The molecule has 172 valence electrons. The van der Waals surface area contributed by atoms with Gasteiger partial charge in [-0.3, -0.25) is 9.36 Å². The number of aromatic nitrogens is 3. The lowest BCUT2D eigenvalue weighted by atomic mass is 10.2. The molecule has 0 fully saturated rings. The SMILES string of the molecule is O=C(CSc1nnc(-c2ccccc2F)n1-c1ccccc1)Nc1ccc2c(c1)OCCCO2. The van der Waals surface area contributed by atoms with Crippen LogP contribution in [0.2, 0.25) is 0 Å². The van der Waals surface area contributed by atoms with Gasteiger partial charge in [0.2, 0.25) is 5.91 Å². The number of halogens is 1. The van der Waals surface area contributed by atoms with Crippen molar-refractivity contribution >= 4 is 23.4 Å². The van der Waals surface area contributed by atoms with Gasteiger partial charge < -0.3 is 14.8 Å². The van der Waals surface area contributed by atoms with Crippen LogP contribution in [0.5, 0.6) is 11.5 Å². The van der Waals surface area contributed by atoms with E-state index in [0.29, 0.717) is 46.9 Å². The molecule has 0 unspecified atom stereocenters. The predicted molar refractivity (Wildman–Crippen MR) is 128 cm³/mol. The molecule has 0 saturated heterocycles. The fraction of sp³-hybridized carbons (Fsp3) is 0.160. The van der Waals surface area contributed by atoms with Crippen LogP contribution in [-0.4, -0.2) is 39.6 Å². The normalized spacial score (nSPS) is 12.7. The van der Waals surface area contributed by atoms with Gasteiger partial charge in [-0.1, -0.05) is 42.1 Å². The molecule has 1 amide bonds. The number of ether oxygens (including phenoxy) is 2. The second kappa shape index (κ2) is 9.96. The number of hydrogen-bond donors (Lipinski definition) is 1. The van der Waals surface area contributed by atoms with Gasteiger partial charge in [0, 0.05) is 23.9 Å². The summed E-state index contributed by atoms with van der Waals surface area (Å²) in [6.45, 7) is 1.17. The van der Waals surface area contributed by atoms with Crippen LogP contribution in [0.25, 0.3) is 17.1 Å². The van der Waals surface area contributed by atoms with E-state index < -0.39 is 5.82 Å². The van der Waals surface area contributed by atoms with Crippen LogP contribution in [0.4, 0.5) is 10.1 Å². The molecular weight excluding hydrogens is 455 g/mol. The fourth-order valence-corrected chi connectivity index (χ4v) is 4.31. The first-order chi connectivity index (χ1) is 16.7. The average Bonchev–Trinajstić information content (AvgIpc) is 3.13. The van der Waals surface area contributed by atoms with Crippen LogP contribution in [0.15, 0.2) is 78.0 Å². The van der Waals surface area contributed by atoms with Crippen molar-refractivity contribution in [1.29, 1.82) is 0 Å². The maximum Gasteiger partial charge on any atom is 0.234 e. The molecule has 34 heavy (non-hydrogen) atoms. The van der Waals surface area contributed by atoms with Crippen LogP contribution in [0, 0.1) is 5.82 Å². The smallest absolute Gasteiger partial charge is 0.234 e. The van der Waals surface area contributed by atoms with Gasteiger partial charge >= 0.3 is 0 Å². The Labute approximate surface area is 199 Å². The van der Waals surface area contributed by atoms with Crippen molar-refractivity contribution in [3.05, 3.63) is 78.6 Å². The molecule has 1 N–H and O–H groups in total. The van der Waals surface area contributed by atoms with Gasteiger partial charge in [-0.2, -0.15) is 0 Å². The van der Waals surface area contributed by atoms with E-state index in [4.69, 9.17) is 9.47 Å². The van der Waals surface area contributed by atoms with Crippen molar-refractivity contribution in [2.24, 2.45) is 0 Å². The topological polar surface area (TPSA) is 78.3 Å². The molecule has 3 aromatic carbocycles. The summed E-state index contributed by atoms with van der Waals surface area (Å²) in [5.41, 5.74) is 1.73. The van der Waals surface area contributed by atoms with Crippen LogP contribution < -0.4 is 14.8 Å². The van der Waals surface area contributed by atoms with Gasteiger partial charge in [-0.15, -0.1) is 10.2 Å². The number of fused-ring (bicyclic) bond motifs is 1. The molecule has 0 saturated carbocycles. The molecule has 0 atom stereocenters. The Hall–Kier alpha value is -3.85. The van der Waals surface area contributed by atoms with Crippen LogP contribution in [0.3, 0.4) is 0 Å². The zero-order valence-corrected chi connectivity index (χ0v) is 18.9. The maximum absolute atomic E-state index is 14.5. The molecule has 1 aromatic heterocycles. The van der Waals surface area contributed by atoms with Crippen molar-refractivity contribution in [3.8, 4) is 28.6 Å². The molecule has 5 rings (SSSR count). The number of nitrogens with one attached hydrogen (secondary N) is 1. The molecule has 2 heterocycles. The molecule has 4 aromatic rings. The monoisotopic (exact) mass is 476 g/mol. The predicted octanol–water partition coefficient (Wildman–Crippen LogP) is 4.97. The highest BCUT2D eigenvalue weighted by atomic mass is 32.2. The van der Waals surface area contributed by atoms with Gasteiger partial charge in [-0.05, 0) is 36.4 Å². The van der Waals surface area contributed by atoms with E-state index in [9.17, 15) is 9.18 Å². The van der Waals surface area contributed by atoms with Crippen molar-refractivity contribution in [2.75, 3.05) is 24.3 Å². The molecular formula is C25H21FN4O3S. The molecule has 0 aliphatic carbocycles. The lowest BCUT2D eigenvalue weighted by molar-refractivity contribution is -0.113. The number of amides is 1. The van der Waals surface area contributed by atoms with Crippen LogP contribution in [-0.2, 0) is 4.79 Å². The summed E-state index contributed by atoms with van der Waals surface area (Å²) in [6, 6.07) is 21.2. The second-order valence-electron chi connectivity index (χ2n) is 7.51. The lowest BCUT2D eigenvalue weighted by Gasteiger charge is -2.12. The number of nitrogens with zero attached hydrogens (tertiary/aromatic N) is 3. The van der Waals surface area contributed by atoms with E-state index in [1.165, 1.54) is 17.8 Å². The number of rotatable bonds is 6. The van der Waals surface area contributed by atoms with Crippen molar-refractivity contribution in [1.82, 2.24) is 14.8 Å². The summed E-state index contributed by atoms with van der Waals surface area (Å²) in [6.07, 6.45) is 0.810. The summed E-state index contributed by atoms with van der Waals surface area (Å²) in [7, 11) is 0. The third-order valence-electron chi connectivity index (χ3n) is 5.13. The zero-order valence-electron chi connectivity index (χ0n) is 18.1. The Morgan fingerprint density at radius 3 is 2.56 bits per heavy atom. The average molecular weight is 477 g/mol. The summed E-state index contributed by atoms with van der Waals surface area (Å²) in [4.78, 5) is 12.7. The molecule has 0 radical (unpaired) electrons. The van der Waals surface area contributed by atoms with E-state index in [1.807, 2.05) is 30.3 Å². The molecule has 0 bridgehead atoms. The van der Waals surface area contributed by atoms with Gasteiger partial charge in [0.25, 0.3) is 0 Å². The molecule has 1 aliphatic heterocycles. The van der Waals surface area contributed by atoms with Crippen molar-refractivity contribution in [3.63, 3.8) is 0 Å². The fourth-order valence-electron chi connectivity index (χ4n) is 3.56. The first-order valence-corrected chi connectivity index (χ1v) is 11.8. The van der Waals surface area contributed by atoms with Crippen LogP contribution >= 0.6 is 11.8 Å². The summed E-state index contributed by atoms with van der Waals surface area (Å²) in [5, 5.41) is 11.8. The van der Waals surface area contributed by atoms with Gasteiger partial charge in [0.1, 0.15) is 5.82 Å². The Morgan fingerprint density at radius 1 is 0.971 bits per heavy atom. The minimum Gasteiger partial charge on any atom is -0.490 e. The Kier molecular flexibility index (Phi) is 6.44. The third-order valence-corrected chi connectivity index (χ3v) is 6.06. The number of carbonyl (C=O) groups excluding carboxylic acids is 1. The van der Waals surface area contributed by atoms with Crippen molar-refractivity contribution in [2.45, 2.75) is 11.6 Å². The highest BCUT2D eigenvalue weighted by Gasteiger charge is 2.19. The van der Waals surface area contributed by atoms with Gasteiger partial charge in [0.05, 0.1) is 24.5 Å². The van der Waals surface area contributed by atoms with Crippen LogP contribution in [0.1, 0.15) is 6.42 Å². The quantitative estimate of drug-likeness (QED) is 0.396. The summed E-state index contributed by atoms with van der Waals surface area (Å²) in [5.74, 6) is 1.14. The largest absolute Gasteiger partial charge is 0.490 e. The van der Waals surface area contributed by atoms with E-state index in [2.05, 4.69) is 15.5 Å². The molecule has 0 spiro atoms. The van der Waals surface area contributed by atoms with Crippen molar-refractivity contribution < 1.29 is 18.7 Å². The van der Waals surface area contributed by atoms with Gasteiger partial charge in [-0.25, -0.2) is 4.39 Å². The number of thioether (sulfide) groups is 1. The lowest BCUT2D eigenvalue weighted by Crippen LogP contribution is -2.14. The minimum absolute atomic E-state index is 0.0939. The van der Waals surface area contributed by atoms with E-state index in [1.54, 1.807) is 41.0 Å². The van der Waals surface area contributed by atoms with Gasteiger partial charge in [0.15, 0.2) is 22.5 Å². The van der Waals surface area contributed by atoms with E-state index >= 15 is 0 Å². The number of hydrogen-bond acceptors (Lipinski definition) is 6. The first kappa shape index (κ1) is 22.0. The van der Waals surface area contributed by atoms with E-state index in [0.717, 1.165) is 12.1 Å². The third kappa shape index (κ3) is 4.74. The number of carbonyl (C=O) groups is 1. The number of benzene rings is 3. The minimum atomic E-state index is -0.393. The van der Waals surface area contributed by atoms with E-state index in [-0.39, 0.29) is 11.7 Å². The highest BCUT2D eigenvalue weighted by Crippen LogP contribution is 2.33. The zero-order chi connectivity index (χ0) is 23.3. The summed E-state index contributed by atoms with van der Waals surface area (Å²) >= 11 is 1.22. The summed E-state index contributed by atoms with van der Waals surface area (Å²) < 4.78 is 27.6. The Balaban J connectivity index is 1.35. The number of anilines is 1. The Morgan fingerprint density at radius 2 is 1.74 bits per heavy atom. The Bertz CT molecular complexity index is 1310. The first-order valence-electron chi connectivity index (χ1n) is 10.8. The molecule has 7 nitrogen and oxygen atoms in total. The molecule has 9 heteroatoms.